The molecule has 0 fully saturated rings. The average Bonchev–Trinajstić information content (AvgIpc) is 2.79. The van der Waals surface area contributed by atoms with Crippen LogP contribution in [0.4, 0.5) is 11.4 Å². The number of carbonyl (C=O) groups is 2. The molecule has 0 aliphatic heterocycles. The Bertz CT molecular complexity index is 700. The summed E-state index contributed by atoms with van der Waals surface area (Å²) >= 11 is 0. The Balaban J connectivity index is 1.98. The van der Waals surface area contributed by atoms with Crippen LogP contribution in [-0.2, 0) is 4.79 Å². The minimum Gasteiger partial charge on any atom is -0.466 e. The molecule has 0 aliphatic rings. The van der Waals surface area contributed by atoms with Crippen LogP contribution in [0, 0.1) is 19.8 Å². The third kappa shape index (κ3) is 4.71. The molecule has 5 heteroatoms. The number of rotatable bonds is 5. The van der Waals surface area contributed by atoms with Crippen molar-refractivity contribution in [3.05, 3.63) is 47.4 Å². The molecule has 23 heavy (non-hydrogen) atoms. The van der Waals surface area contributed by atoms with Crippen LogP contribution >= 0.6 is 0 Å². The molecule has 122 valence electrons. The van der Waals surface area contributed by atoms with Crippen molar-refractivity contribution in [3.63, 3.8) is 0 Å². The molecule has 0 saturated carbocycles. The van der Waals surface area contributed by atoms with Crippen molar-refractivity contribution >= 4 is 23.2 Å². The second-order valence-corrected chi connectivity index (χ2v) is 6.00. The van der Waals surface area contributed by atoms with E-state index in [9.17, 15) is 9.59 Å². The van der Waals surface area contributed by atoms with Gasteiger partial charge in [-0.05, 0) is 50.1 Å². The first-order valence-electron chi connectivity index (χ1n) is 7.63. The van der Waals surface area contributed by atoms with Gasteiger partial charge in [-0.15, -0.1) is 0 Å². The van der Waals surface area contributed by atoms with Crippen LogP contribution in [0.15, 0.2) is 34.7 Å². The molecular formula is C18H22N2O3. The Labute approximate surface area is 136 Å². The lowest BCUT2D eigenvalue weighted by atomic mass is 10.1. The van der Waals surface area contributed by atoms with Gasteiger partial charge in [-0.25, -0.2) is 0 Å². The first-order valence-corrected chi connectivity index (χ1v) is 7.63. The number of hydrogen-bond donors (Lipinski definition) is 2. The Kier molecular flexibility index (Phi) is 5.21. The van der Waals surface area contributed by atoms with Crippen molar-refractivity contribution in [1.29, 1.82) is 0 Å². The van der Waals surface area contributed by atoms with Crippen LogP contribution in [-0.4, -0.2) is 11.8 Å². The van der Waals surface area contributed by atoms with Crippen molar-refractivity contribution in [2.24, 2.45) is 5.92 Å². The van der Waals surface area contributed by atoms with Crippen LogP contribution < -0.4 is 10.6 Å². The minimum absolute atomic E-state index is 0.0127. The quantitative estimate of drug-likeness (QED) is 0.871. The first kappa shape index (κ1) is 16.8. The van der Waals surface area contributed by atoms with E-state index < -0.39 is 0 Å². The third-order valence-electron chi connectivity index (χ3n) is 3.31. The van der Waals surface area contributed by atoms with Gasteiger partial charge in [0.2, 0.25) is 5.91 Å². The van der Waals surface area contributed by atoms with Gasteiger partial charge in [-0.2, -0.15) is 0 Å². The summed E-state index contributed by atoms with van der Waals surface area (Å²) in [5.41, 5.74) is 1.90. The molecule has 0 atom stereocenters. The first-order chi connectivity index (χ1) is 10.8. The van der Waals surface area contributed by atoms with Gasteiger partial charge in [0, 0.05) is 17.8 Å². The number of hydrogen-bond acceptors (Lipinski definition) is 3. The SMILES string of the molecule is Cc1cc(C(=O)Nc2ccc(NC(=O)CC(C)C)cc2)c(C)o1. The Morgan fingerprint density at radius 3 is 2.09 bits per heavy atom. The van der Waals surface area contributed by atoms with Gasteiger partial charge < -0.3 is 15.1 Å². The molecule has 1 aromatic carbocycles. The van der Waals surface area contributed by atoms with Crippen molar-refractivity contribution in [1.82, 2.24) is 0 Å². The maximum atomic E-state index is 12.2. The molecule has 0 bridgehead atoms. The molecule has 2 amide bonds. The Morgan fingerprint density at radius 2 is 1.61 bits per heavy atom. The van der Waals surface area contributed by atoms with E-state index in [1.165, 1.54) is 0 Å². The van der Waals surface area contributed by atoms with E-state index in [0.717, 1.165) is 0 Å². The number of nitrogens with one attached hydrogen (secondary N) is 2. The highest BCUT2D eigenvalue weighted by molar-refractivity contribution is 6.05. The molecule has 2 aromatic rings. The molecule has 0 unspecified atom stereocenters. The lowest BCUT2D eigenvalue weighted by molar-refractivity contribution is -0.116. The largest absolute Gasteiger partial charge is 0.466 e. The lowest BCUT2D eigenvalue weighted by Gasteiger charge is -2.09. The normalized spacial score (nSPS) is 10.7. The average molecular weight is 314 g/mol. The van der Waals surface area contributed by atoms with E-state index in [-0.39, 0.29) is 11.8 Å². The predicted octanol–water partition coefficient (Wildman–Crippen LogP) is 4.13. The number of anilines is 2. The summed E-state index contributed by atoms with van der Waals surface area (Å²) in [5, 5.41) is 5.64. The summed E-state index contributed by atoms with van der Waals surface area (Å²) in [4.78, 5) is 23.9. The highest BCUT2D eigenvalue weighted by atomic mass is 16.3. The zero-order chi connectivity index (χ0) is 17.0. The van der Waals surface area contributed by atoms with Gasteiger partial charge in [-0.3, -0.25) is 9.59 Å². The number of aryl methyl sites for hydroxylation is 2. The zero-order valence-corrected chi connectivity index (χ0v) is 13.9. The molecule has 1 heterocycles. The summed E-state index contributed by atoms with van der Waals surface area (Å²) in [6.45, 7) is 7.56. The summed E-state index contributed by atoms with van der Waals surface area (Å²) in [6, 6.07) is 8.75. The number of furan rings is 1. The summed E-state index contributed by atoms with van der Waals surface area (Å²) in [7, 11) is 0. The highest BCUT2D eigenvalue weighted by Gasteiger charge is 2.13. The molecular weight excluding hydrogens is 292 g/mol. The Morgan fingerprint density at radius 1 is 1.04 bits per heavy atom. The Hall–Kier alpha value is -2.56. The maximum absolute atomic E-state index is 12.2. The minimum atomic E-state index is -0.212. The van der Waals surface area contributed by atoms with Crippen LogP contribution in [0.3, 0.4) is 0 Å². The molecule has 2 rings (SSSR count). The van der Waals surface area contributed by atoms with Crippen LogP contribution in [0.25, 0.3) is 0 Å². The highest BCUT2D eigenvalue weighted by Crippen LogP contribution is 2.18. The van der Waals surface area contributed by atoms with Gasteiger partial charge >= 0.3 is 0 Å². The van der Waals surface area contributed by atoms with E-state index in [4.69, 9.17) is 4.42 Å². The van der Waals surface area contributed by atoms with E-state index in [0.29, 0.717) is 40.8 Å². The third-order valence-corrected chi connectivity index (χ3v) is 3.31. The van der Waals surface area contributed by atoms with Crippen molar-refractivity contribution in [2.45, 2.75) is 34.1 Å². The molecule has 0 aliphatic carbocycles. The second kappa shape index (κ2) is 7.13. The van der Waals surface area contributed by atoms with E-state index in [2.05, 4.69) is 10.6 Å². The number of benzene rings is 1. The fraction of sp³-hybridized carbons (Fsp3) is 0.333. The van der Waals surface area contributed by atoms with Gasteiger partial charge in [0.05, 0.1) is 5.56 Å². The van der Waals surface area contributed by atoms with Crippen molar-refractivity contribution < 1.29 is 14.0 Å². The summed E-state index contributed by atoms with van der Waals surface area (Å²) < 4.78 is 5.36. The van der Waals surface area contributed by atoms with Gasteiger partial charge in [0.15, 0.2) is 0 Å². The summed E-state index contributed by atoms with van der Waals surface area (Å²) in [6.07, 6.45) is 0.484. The lowest BCUT2D eigenvalue weighted by Crippen LogP contribution is -2.14. The van der Waals surface area contributed by atoms with Gasteiger partial charge in [-0.1, -0.05) is 13.8 Å². The molecule has 5 nitrogen and oxygen atoms in total. The van der Waals surface area contributed by atoms with Crippen molar-refractivity contribution in [3.8, 4) is 0 Å². The standard InChI is InChI=1S/C18H22N2O3/c1-11(2)9-17(21)19-14-5-7-15(8-6-14)20-18(22)16-10-12(3)23-13(16)4/h5-8,10-11H,9H2,1-4H3,(H,19,21)(H,20,22). The monoisotopic (exact) mass is 314 g/mol. The smallest absolute Gasteiger partial charge is 0.259 e. The maximum Gasteiger partial charge on any atom is 0.259 e. The van der Waals surface area contributed by atoms with Gasteiger partial charge in [0.25, 0.3) is 5.91 Å². The topological polar surface area (TPSA) is 71.3 Å². The fourth-order valence-electron chi connectivity index (χ4n) is 2.27. The van der Waals surface area contributed by atoms with Crippen LogP contribution in [0.5, 0.6) is 0 Å². The van der Waals surface area contributed by atoms with E-state index >= 15 is 0 Å². The molecule has 0 radical (unpaired) electrons. The van der Waals surface area contributed by atoms with E-state index in [1.807, 2.05) is 13.8 Å². The van der Waals surface area contributed by atoms with Gasteiger partial charge in [0.1, 0.15) is 11.5 Å². The number of carbonyl (C=O) groups excluding carboxylic acids is 2. The predicted molar refractivity (Wildman–Crippen MR) is 90.7 cm³/mol. The van der Waals surface area contributed by atoms with Crippen LogP contribution in [0.1, 0.15) is 42.1 Å². The van der Waals surface area contributed by atoms with E-state index in [1.54, 1.807) is 44.2 Å². The second-order valence-electron chi connectivity index (χ2n) is 6.00. The fourth-order valence-corrected chi connectivity index (χ4v) is 2.27. The summed E-state index contributed by atoms with van der Waals surface area (Å²) in [5.74, 6) is 1.39. The zero-order valence-electron chi connectivity index (χ0n) is 13.9. The molecule has 1 aromatic heterocycles. The number of amides is 2. The van der Waals surface area contributed by atoms with Crippen LogP contribution in [0.2, 0.25) is 0 Å². The van der Waals surface area contributed by atoms with Crippen molar-refractivity contribution in [2.75, 3.05) is 10.6 Å². The molecule has 2 N–H and O–H groups in total. The molecule has 0 saturated heterocycles. The molecule has 0 spiro atoms.